The van der Waals surface area contributed by atoms with Crippen molar-refractivity contribution in [3.05, 3.63) is 18.5 Å². The second-order valence-electron chi connectivity index (χ2n) is 1.99. The van der Waals surface area contributed by atoms with Crippen LogP contribution < -0.4 is 4.83 Å². The van der Waals surface area contributed by atoms with E-state index >= 15 is 0 Å². The molecule has 9 heteroatoms. The molecule has 1 aromatic heterocycles. The molecular formula is C4H4F3N3O2S. The number of nitrogens with one attached hydrogen (secondary N) is 1. The van der Waals surface area contributed by atoms with Crippen LogP contribution in [0.3, 0.4) is 0 Å². The van der Waals surface area contributed by atoms with Gasteiger partial charge >= 0.3 is 15.5 Å². The molecule has 1 N–H and O–H groups in total. The number of sulfonamides is 1. The van der Waals surface area contributed by atoms with E-state index in [1.54, 1.807) is 0 Å². The SMILES string of the molecule is O=S(=O)(Nn1cccn1)C(F)(F)F. The molecular weight excluding hydrogens is 211 g/mol. The summed E-state index contributed by atoms with van der Waals surface area (Å²) >= 11 is 0. The first-order valence-corrected chi connectivity index (χ1v) is 4.40. The maximum absolute atomic E-state index is 11.7. The van der Waals surface area contributed by atoms with Crippen LogP contribution >= 0.6 is 0 Å². The van der Waals surface area contributed by atoms with Gasteiger partial charge in [-0.2, -0.15) is 36.3 Å². The minimum absolute atomic E-state index is 0.447. The van der Waals surface area contributed by atoms with Crippen molar-refractivity contribution in [2.75, 3.05) is 4.83 Å². The molecule has 0 unspecified atom stereocenters. The molecule has 0 bridgehead atoms. The van der Waals surface area contributed by atoms with E-state index in [-0.39, 0.29) is 0 Å². The van der Waals surface area contributed by atoms with Crippen LogP contribution in [0.1, 0.15) is 0 Å². The Bertz CT molecular complexity index is 368. The van der Waals surface area contributed by atoms with Crippen molar-refractivity contribution in [2.24, 2.45) is 0 Å². The van der Waals surface area contributed by atoms with Gasteiger partial charge in [0.25, 0.3) is 0 Å². The Morgan fingerprint density at radius 2 is 2.00 bits per heavy atom. The Morgan fingerprint density at radius 1 is 1.38 bits per heavy atom. The lowest BCUT2D eigenvalue weighted by Crippen LogP contribution is -2.35. The molecule has 0 radical (unpaired) electrons. The predicted molar refractivity (Wildman–Crippen MR) is 36.6 cm³/mol. The van der Waals surface area contributed by atoms with Gasteiger partial charge in [0.1, 0.15) is 0 Å². The van der Waals surface area contributed by atoms with Gasteiger partial charge in [0.05, 0.1) is 6.20 Å². The van der Waals surface area contributed by atoms with Crippen LogP contribution in [0.5, 0.6) is 0 Å². The molecule has 74 valence electrons. The average Bonchev–Trinajstić information content (AvgIpc) is 2.35. The van der Waals surface area contributed by atoms with Crippen LogP contribution in [0.2, 0.25) is 0 Å². The lowest BCUT2D eigenvalue weighted by molar-refractivity contribution is -0.0433. The molecule has 0 saturated heterocycles. The number of halogens is 3. The minimum Gasteiger partial charge on any atom is -0.196 e. The van der Waals surface area contributed by atoms with Gasteiger partial charge in [-0.05, 0) is 6.07 Å². The van der Waals surface area contributed by atoms with Gasteiger partial charge in [-0.3, -0.25) is 0 Å². The third kappa shape index (κ3) is 2.11. The molecule has 0 aliphatic carbocycles. The first-order chi connectivity index (χ1) is 5.83. The molecule has 0 atom stereocenters. The van der Waals surface area contributed by atoms with Crippen LogP contribution in [0, 0.1) is 0 Å². The quantitative estimate of drug-likeness (QED) is 0.770. The van der Waals surface area contributed by atoms with E-state index in [0.29, 0.717) is 4.79 Å². The highest BCUT2D eigenvalue weighted by Gasteiger charge is 2.46. The zero-order chi connectivity index (χ0) is 10.1. The Balaban J connectivity index is 2.87. The van der Waals surface area contributed by atoms with Crippen molar-refractivity contribution >= 4 is 10.0 Å². The van der Waals surface area contributed by atoms with Crippen molar-refractivity contribution in [2.45, 2.75) is 5.51 Å². The molecule has 5 nitrogen and oxygen atoms in total. The highest BCUT2D eigenvalue weighted by molar-refractivity contribution is 7.93. The van der Waals surface area contributed by atoms with E-state index in [4.69, 9.17) is 0 Å². The second-order valence-corrected chi connectivity index (χ2v) is 3.64. The zero-order valence-corrected chi connectivity index (χ0v) is 6.80. The van der Waals surface area contributed by atoms with E-state index in [2.05, 4.69) is 5.10 Å². The maximum atomic E-state index is 11.7. The molecule has 0 fully saturated rings. The fraction of sp³-hybridized carbons (Fsp3) is 0.250. The van der Waals surface area contributed by atoms with Gasteiger partial charge in [0.15, 0.2) is 0 Å². The van der Waals surface area contributed by atoms with Gasteiger partial charge in [0.2, 0.25) is 0 Å². The standard InChI is InChI=1S/C4H4F3N3O2S/c5-4(6,7)13(11,12)9-10-3-1-2-8-10/h1-3,9H. The summed E-state index contributed by atoms with van der Waals surface area (Å²) < 4.78 is 56.0. The van der Waals surface area contributed by atoms with Crippen LogP contribution in [-0.2, 0) is 10.0 Å². The largest absolute Gasteiger partial charge is 0.517 e. The summed E-state index contributed by atoms with van der Waals surface area (Å²) in [6.45, 7) is 0. The normalized spacial score (nSPS) is 12.8. The van der Waals surface area contributed by atoms with Crippen molar-refractivity contribution in [1.29, 1.82) is 0 Å². The van der Waals surface area contributed by atoms with Gasteiger partial charge < -0.3 is 0 Å². The Hall–Kier alpha value is -1.25. The van der Waals surface area contributed by atoms with Gasteiger partial charge in [0, 0.05) is 6.20 Å². The van der Waals surface area contributed by atoms with E-state index in [1.807, 2.05) is 0 Å². The van der Waals surface area contributed by atoms with Crippen LogP contribution in [0.15, 0.2) is 18.5 Å². The zero-order valence-electron chi connectivity index (χ0n) is 5.99. The highest BCUT2D eigenvalue weighted by atomic mass is 32.2. The van der Waals surface area contributed by atoms with E-state index < -0.39 is 15.5 Å². The van der Waals surface area contributed by atoms with Crippen LogP contribution in [0.25, 0.3) is 0 Å². The second kappa shape index (κ2) is 2.91. The van der Waals surface area contributed by atoms with Crippen LogP contribution in [-0.4, -0.2) is 23.8 Å². The summed E-state index contributed by atoms with van der Waals surface area (Å²) in [7, 11) is -5.37. The van der Waals surface area contributed by atoms with Crippen LogP contribution in [0.4, 0.5) is 13.2 Å². The van der Waals surface area contributed by atoms with E-state index in [0.717, 1.165) is 12.4 Å². The molecule has 0 aromatic carbocycles. The smallest absolute Gasteiger partial charge is 0.196 e. The lowest BCUT2D eigenvalue weighted by Gasteiger charge is -2.09. The summed E-state index contributed by atoms with van der Waals surface area (Å²) in [5.41, 5.74) is -5.33. The number of nitrogens with zero attached hydrogens (tertiary/aromatic N) is 2. The van der Waals surface area contributed by atoms with Gasteiger partial charge in [-0.1, -0.05) is 0 Å². The highest BCUT2D eigenvalue weighted by Crippen LogP contribution is 2.21. The Morgan fingerprint density at radius 3 is 2.38 bits per heavy atom. The number of hydrogen-bond acceptors (Lipinski definition) is 3. The van der Waals surface area contributed by atoms with Crippen molar-refractivity contribution in [3.8, 4) is 0 Å². The van der Waals surface area contributed by atoms with Gasteiger partial charge in [-0.25, -0.2) is 0 Å². The molecule has 0 aliphatic heterocycles. The molecule has 0 amide bonds. The maximum Gasteiger partial charge on any atom is 0.517 e. The van der Waals surface area contributed by atoms with Crippen molar-refractivity contribution < 1.29 is 21.6 Å². The fourth-order valence-corrected chi connectivity index (χ4v) is 0.955. The van der Waals surface area contributed by atoms with Crippen molar-refractivity contribution in [1.82, 2.24) is 9.89 Å². The monoisotopic (exact) mass is 215 g/mol. The predicted octanol–water partition coefficient (Wildman–Crippen LogP) is 0.276. The third-order valence-corrected chi connectivity index (χ3v) is 2.06. The molecule has 0 spiro atoms. The summed E-state index contributed by atoms with van der Waals surface area (Å²) in [6, 6.07) is 1.28. The van der Waals surface area contributed by atoms with Gasteiger partial charge in [-0.15, -0.1) is 0 Å². The molecule has 1 heterocycles. The molecule has 1 rings (SSSR count). The molecule has 0 aliphatic rings. The number of rotatable bonds is 2. The first kappa shape index (κ1) is 9.84. The average molecular weight is 215 g/mol. The number of alkyl halides is 3. The Labute approximate surface area is 71.2 Å². The first-order valence-electron chi connectivity index (χ1n) is 2.92. The third-order valence-electron chi connectivity index (χ3n) is 1.02. The van der Waals surface area contributed by atoms with Crippen molar-refractivity contribution in [3.63, 3.8) is 0 Å². The molecule has 13 heavy (non-hydrogen) atoms. The fourth-order valence-electron chi connectivity index (χ4n) is 0.498. The lowest BCUT2D eigenvalue weighted by atomic mass is 10.8. The number of aromatic nitrogens is 2. The number of hydrogen-bond donors (Lipinski definition) is 1. The molecule has 0 saturated carbocycles. The minimum atomic E-state index is -5.37. The summed E-state index contributed by atoms with van der Waals surface area (Å²) in [6.07, 6.45) is 2.17. The summed E-state index contributed by atoms with van der Waals surface area (Å²) in [5, 5.41) is 3.24. The summed E-state index contributed by atoms with van der Waals surface area (Å²) in [5.74, 6) is 0. The summed E-state index contributed by atoms with van der Waals surface area (Å²) in [4.78, 5) is 1.64. The van der Waals surface area contributed by atoms with E-state index in [1.165, 1.54) is 10.9 Å². The Kier molecular flexibility index (Phi) is 2.20. The molecule has 1 aromatic rings. The topological polar surface area (TPSA) is 64.0 Å². The van der Waals surface area contributed by atoms with E-state index in [9.17, 15) is 21.6 Å².